The number of aryl methyl sites for hydroxylation is 1. The fourth-order valence-electron chi connectivity index (χ4n) is 4.35. The molecule has 1 aliphatic heterocycles. The van der Waals surface area contributed by atoms with Crippen LogP contribution in [0.3, 0.4) is 0 Å². The maximum Gasteiger partial charge on any atom is 0.309 e. The number of nitrogens with zero attached hydrogens (tertiary/aromatic N) is 1. The van der Waals surface area contributed by atoms with E-state index in [9.17, 15) is 4.79 Å². The fraction of sp³-hybridized carbons (Fsp3) is 0.682. The van der Waals surface area contributed by atoms with Crippen LogP contribution in [0.25, 0.3) is 0 Å². The average Bonchev–Trinajstić information content (AvgIpc) is 2.68. The zero-order chi connectivity index (χ0) is 17.5. The lowest BCUT2D eigenvalue weighted by Crippen LogP contribution is -2.36. The number of esters is 1. The van der Waals surface area contributed by atoms with Crippen LogP contribution in [-0.4, -0.2) is 25.7 Å². The first-order valence-electron chi connectivity index (χ1n) is 10.3. The van der Waals surface area contributed by atoms with Crippen molar-refractivity contribution in [3.63, 3.8) is 0 Å². The van der Waals surface area contributed by atoms with Gasteiger partial charge in [0.1, 0.15) is 0 Å². The van der Waals surface area contributed by atoms with E-state index in [4.69, 9.17) is 4.74 Å². The Morgan fingerprint density at radius 3 is 2.36 bits per heavy atom. The number of benzene rings is 1. The summed E-state index contributed by atoms with van der Waals surface area (Å²) in [5.41, 5.74) is 2.76. The summed E-state index contributed by atoms with van der Waals surface area (Å²) in [5, 5.41) is 0. The molecule has 0 amide bonds. The number of carbonyl (C=O) groups excluding carboxylic acids is 1. The van der Waals surface area contributed by atoms with Gasteiger partial charge in [0.2, 0.25) is 0 Å². The van der Waals surface area contributed by atoms with Crippen LogP contribution in [0.1, 0.15) is 63.9 Å². The Hall–Kier alpha value is -1.51. The fourth-order valence-corrected chi connectivity index (χ4v) is 4.35. The second-order valence-corrected chi connectivity index (χ2v) is 7.72. The van der Waals surface area contributed by atoms with Crippen molar-refractivity contribution in [3.8, 4) is 0 Å². The van der Waals surface area contributed by atoms with E-state index in [0.29, 0.717) is 6.61 Å². The molecule has 0 spiro atoms. The van der Waals surface area contributed by atoms with Crippen LogP contribution in [0.2, 0.25) is 0 Å². The Morgan fingerprint density at radius 2 is 1.72 bits per heavy atom. The van der Waals surface area contributed by atoms with Gasteiger partial charge in [-0.25, -0.2) is 0 Å². The largest absolute Gasteiger partial charge is 0.466 e. The zero-order valence-corrected chi connectivity index (χ0v) is 15.7. The molecule has 1 aliphatic carbocycles. The zero-order valence-electron chi connectivity index (χ0n) is 15.7. The maximum atomic E-state index is 11.8. The number of rotatable bonds is 6. The molecule has 3 heteroatoms. The minimum atomic E-state index is -0.0137. The molecule has 1 aromatic carbocycles. The number of piperidine rings is 1. The molecular weight excluding hydrogens is 310 g/mol. The maximum absolute atomic E-state index is 11.8. The third-order valence-electron chi connectivity index (χ3n) is 5.98. The summed E-state index contributed by atoms with van der Waals surface area (Å²) in [6.07, 6.45) is 11.6. The molecule has 1 aromatic rings. The van der Waals surface area contributed by atoms with Gasteiger partial charge < -0.3 is 9.64 Å². The van der Waals surface area contributed by atoms with Crippen LogP contribution in [0.4, 0.5) is 5.69 Å². The van der Waals surface area contributed by atoms with E-state index < -0.39 is 0 Å². The van der Waals surface area contributed by atoms with Gasteiger partial charge in [-0.1, -0.05) is 44.2 Å². The number of ether oxygens (including phenoxy) is 1. The lowest BCUT2D eigenvalue weighted by Gasteiger charge is -2.32. The van der Waals surface area contributed by atoms with Crippen LogP contribution in [-0.2, 0) is 16.0 Å². The Labute approximate surface area is 152 Å². The molecule has 2 aliphatic rings. The van der Waals surface area contributed by atoms with E-state index in [0.717, 1.165) is 31.8 Å². The molecule has 0 bridgehead atoms. The highest BCUT2D eigenvalue weighted by Gasteiger charge is 2.26. The first-order valence-corrected chi connectivity index (χ1v) is 10.3. The predicted molar refractivity (Wildman–Crippen MR) is 103 cm³/mol. The molecule has 2 fully saturated rings. The molecule has 1 saturated carbocycles. The van der Waals surface area contributed by atoms with Crippen LogP contribution < -0.4 is 4.90 Å². The van der Waals surface area contributed by atoms with Gasteiger partial charge >= 0.3 is 5.97 Å². The third kappa shape index (κ3) is 5.23. The average molecular weight is 344 g/mol. The minimum Gasteiger partial charge on any atom is -0.466 e. The van der Waals surface area contributed by atoms with Gasteiger partial charge in [0.05, 0.1) is 12.5 Å². The molecule has 3 rings (SSSR count). The van der Waals surface area contributed by atoms with Gasteiger partial charge in [-0.2, -0.15) is 0 Å². The molecular formula is C22H33NO2. The standard InChI is InChI=1S/C22H33NO2/c1-2-25-22(24)20-14-16-23(17-15-20)21-12-10-19(11-13-21)9-8-18-6-4-3-5-7-18/h10-13,18,20H,2-9,14-17H2,1H3. The Balaban J connectivity index is 1.45. The summed E-state index contributed by atoms with van der Waals surface area (Å²) in [4.78, 5) is 14.3. The van der Waals surface area contributed by atoms with Gasteiger partial charge in [-0.15, -0.1) is 0 Å². The van der Waals surface area contributed by atoms with Gasteiger partial charge in [0, 0.05) is 18.8 Å². The first kappa shape index (κ1) is 18.3. The van der Waals surface area contributed by atoms with E-state index in [1.54, 1.807) is 0 Å². The molecule has 3 nitrogen and oxygen atoms in total. The van der Waals surface area contributed by atoms with Crippen LogP contribution in [0.5, 0.6) is 0 Å². The minimum absolute atomic E-state index is 0.0137. The van der Waals surface area contributed by atoms with Gasteiger partial charge in [-0.05, 0) is 56.2 Å². The summed E-state index contributed by atoms with van der Waals surface area (Å²) in [6, 6.07) is 9.13. The molecule has 1 heterocycles. The molecule has 138 valence electrons. The number of hydrogen-bond donors (Lipinski definition) is 0. The SMILES string of the molecule is CCOC(=O)C1CCN(c2ccc(CCC3CCCCC3)cc2)CC1. The Morgan fingerprint density at radius 1 is 1.04 bits per heavy atom. The third-order valence-corrected chi connectivity index (χ3v) is 5.98. The Kier molecular flexibility index (Phi) is 6.77. The highest BCUT2D eigenvalue weighted by Crippen LogP contribution is 2.28. The smallest absolute Gasteiger partial charge is 0.309 e. The quantitative estimate of drug-likeness (QED) is 0.682. The summed E-state index contributed by atoms with van der Waals surface area (Å²) >= 11 is 0. The number of anilines is 1. The van der Waals surface area contributed by atoms with Crippen molar-refractivity contribution >= 4 is 11.7 Å². The summed E-state index contributed by atoms with van der Waals surface area (Å²) in [7, 11) is 0. The van der Waals surface area contributed by atoms with Crippen molar-refractivity contribution in [2.24, 2.45) is 11.8 Å². The van der Waals surface area contributed by atoms with E-state index >= 15 is 0 Å². The van der Waals surface area contributed by atoms with Crippen LogP contribution in [0, 0.1) is 11.8 Å². The highest BCUT2D eigenvalue weighted by molar-refractivity contribution is 5.72. The lowest BCUT2D eigenvalue weighted by atomic mass is 9.85. The van der Waals surface area contributed by atoms with Crippen LogP contribution in [0.15, 0.2) is 24.3 Å². The Bertz CT molecular complexity index is 525. The van der Waals surface area contributed by atoms with Crippen molar-refractivity contribution in [1.29, 1.82) is 0 Å². The van der Waals surface area contributed by atoms with E-state index in [2.05, 4.69) is 29.2 Å². The first-order chi connectivity index (χ1) is 12.3. The molecule has 0 N–H and O–H groups in total. The summed E-state index contributed by atoms with van der Waals surface area (Å²) in [5.74, 6) is 1.03. The topological polar surface area (TPSA) is 29.5 Å². The van der Waals surface area contributed by atoms with E-state index in [-0.39, 0.29) is 11.9 Å². The molecule has 0 aromatic heterocycles. The monoisotopic (exact) mass is 343 g/mol. The van der Waals surface area contributed by atoms with Gasteiger partial charge in [0.15, 0.2) is 0 Å². The van der Waals surface area contributed by atoms with Crippen molar-refractivity contribution in [3.05, 3.63) is 29.8 Å². The van der Waals surface area contributed by atoms with E-state index in [1.165, 1.54) is 56.2 Å². The summed E-state index contributed by atoms with van der Waals surface area (Å²) in [6.45, 7) is 4.26. The second kappa shape index (κ2) is 9.26. The molecule has 0 radical (unpaired) electrons. The van der Waals surface area contributed by atoms with Crippen molar-refractivity contribution in [2.75, 3.05) is 24.6 Å². The van der Waals surface area contributed by atoms with Gasteiger partial charge in [-0.3, -0.25) is 4.79 Å². The summed E-state index contributed by atoms with van der Waals surface area (Å²) < 4.78 is 5.16. The molecule has 0 unspecified atom stereocenters. The second-order valence-electron chi connectivity index (χ2n) is 7.72. The number of carbonyl (C=O) groups is 1. The lowest BCUT2D eigenvalue weighted by molar-refractivity contribution is -0.148. The van der Waals surface area contributed by atoms with Gasteiger partial charge in [0.25, 0.3) is 0 Å². The van der Waals surface area contributed by atoms with E-state index in [1.807, 2.05) is 6.92 Å². The highest BCUT2D eigenvalue weighted by atomic mass is 16.5. The molecule has 1 saturated heterocycles. The van der Waals surface area contributed by atoms with Crippen molar-refractivity contribution in [2.45, 2.75) is 64.7 Å². The number of hydrogen-bond acceptors (Lipinski definition) is 3. The van der Waals surface area contributed by atoms with Crippen molar-refractivity contribution in [1.82, 2.24) is 0 Å². The molecule has 0 atom stereocenters. The molecule has 25 heavy (non-hydrogen) atoms. The van der Waals surface area contributed by atoms with Crippen molar-refractivity contribution < 1.29 is 9.53 Å². The predicted octanol–water partition coefficient (Wildman–Crippen LogP) is 4.98. The van der Waals surface area contributed by atoms with Crippen LogP contribution >= 0.6 is 0 Å². The normalized spacial score (nSPS) is 19.8.